The van der Waals surface area contributed by atoms with Crippen LogP contribution in [0.5, 0.6) is 5.75 Å². The smallest absolute Gasteiger partial charge is 0.115 e. The van der Waals surface area contributed by atoms with Gasteiger partial charge in [0.2, 0.25) is 0 Å². The normalized spacial score (nSPS) is 33.3. The molecule has 0 saturated carbocycles. The number of rotatable bonds is 1. The van der Waals surface area contributed by atoms with Gasteiger partial charge in [0, 0.05) is 0 Å². The highest BCUT2D eigenvalue weighted by molar-refractivity contribution is 5.48. The van der Waals surface area contributed by atoms with Crippen molar-refractivity contribution in [2.45, 2.75) is 37.6 Å². The van der Waals surface area contributed by atoms with E-state index in [2.05, 4.69) is 62.2 Å². The fourth-order valence-electron chi connectivity index (χ4n) is 5.17. The summed E-state index contributed by atoms with van der Waals surface area (Å²) in [5, 5.41) is 10.0. The van der Waals surface area contributed by atoms with E-state index < -0.39 is 0 Å². The third-order valence-corrected chi connectivity index (χ3v) is 6.76. The molecule has 2 aliphatic rings. The Morgan fingerprint density at radius 2 is 1.87 bits per heavy atom. The molecular formula is C21H25NO. The second-order valence-corrected chi connectivity index (χ2v) is 7.62. The molecule has 1 N–H and O–H groups in total. The fraction of sp³-hybridized carbons (Fsp3) is 0.429. The van der Waals surface area contributed by atoms with Gasteiger partial charge in [-0.3, -0.25) is 4.90 Å². The lowest BCUT2D eigenvalue weighted by atomic mass is 9.52. The molecule has 0 aromatic heterocycles. The molecule has 2 bridgehead atoms. The lowest BCUT2D eigenvalue weighted by molar-refractivity contribution is -0.0415. The largest absolute Gasteiger partial charge is 0.508 e. The summed E-state index contributed by atoms with van der Waals surface area (Å²) in [5.41, 5.74) is 4.30. The van der Waals surface area contributed by atoms with Gasteiger partial charge >= 0.3 is 0 Å². The molecule has 2 heteroatoms. The number of likely N-dealkylation sites (tertiary alicyclic amines) is 1. The minimum Gasteiger partial charge on any atom is -0.508 e. The third-order valence-electron chi connectivity index (χ3n) is 6.76. The molecule has 0 radical (unpaired) electrons. The monoisotopic (exact) mass is 307 g/mol. The van der Waals surface area contributed by atoms with E-state index in [1.54, 1.807) is 0 Å². The lowest BCUT2D eigenvalue weighted by Crippen LogP contribution is -2.63. The summed E-state index contributed by atoms with van der Waals surface area (Å²) in [4.78, 5) is 2.56. The second-order valence-electron chi connectivity index (χ2n) is 7.62. The van der Waals surface area contributed by atoms with Crippen molar-refractivity contribution < 1.29 is 5.11 Å². The molecule has 120 valence electrons. The summed E-state index contributed by atoms with van der Waals surface area (Å²) < 4.78 is 0. The Kier molecular flexibility index (Phi) is 3.11. The van der Waals surface area contributed by atoms with Crippen molar-refractivity contribution in [3.05, 3.63) is 65.2 Å². The maximum atomic E-state index is 10.0. The number of fused-ring (bicyclic) bond motifs is 4. The van der Waals surface area contributed by atoms with Crippen molar-refractivity contribution in [2.75, 3.05) is 13.6 Å². The summed E-state index contributed by atoms with van der Waals surface area (Å²) in [6, 6.07) is 17.0. The molecule has 4 rings (SSSR count). The first-order valence-corrected chi connectivity index (χ1v) is 8.57. The topological polar surface area (TPSA) is 23.5 Å². The van der Waals surface area contributed by atoms with Crippen LogP contribution in [0.25, 0.3) is 0 Å². The predicted molar refractivity (Wildman–Crippen MR) is 93.7 cm³/mol. The molecule has 2 aromatic carbocycles. The number of aromatic hydroxyl groups is 1. The number of hydrogen-bond acceptors (Lipinski definition) is 2. The maximum absolute atomic E-state index is 10.0. The van der Waals surface area contributed by atoms with Crippen molar-refractivity contribution in [1.82, 2.24) is 4.90 Å². The molecule has 2 nitrogen and oxygen atoms in total. The van der Waals surface area contributed by atoms with Crippen LogP contribution in [0, 0.1) is 5.92 Å². The van der Waals surface area contributed by atoms with Crippen LogP contribution in [-0.2, 0) is 17.4 Å². The number of phenols is 1. The van der Waals surface area contributed by atoms with Gasteiger partial charge in [-0.1, -0.05) is 50.2 Å². The summed E-state index contributed by atoms with van der Waals surface area (Å²) in [6.45, 7) is 5.88. The first-order chi connectivity index (χ1) is 11.0. The van der Waals surface area contributed by atoms with Gasteiger partial charge in [0.15, 0.2) is 0 Å². The Hall–Kier alpha value is -1.80. The van der Waals surface area contributed by atoms with Crippen LogP contribution in [0.1, 0.15) is 37.0 Å². The van der Waals surface area contributed by atoms with E-state index in [1.165, 1.54) is 16.7 Å². The fourth-order valence-corrected chi connectivity index (χ4v) is 5.17. The molecule has 1 fully saturated rings. The van der Waals surface area contributed by atoms with Crippen molar-refractivity contribution in [1.29, 1.82) is 0 Å². The third kappa shape index (κ3) is 1.85. The Labute approximate surface area is 138 Å². The number of likely N-dealkylation sites (N-methyl/N-ethyl adjacent to an activating group) is 1. The molecule has 23 heavy (non-hydrogen) atoms. The van der Waals surface area contributed by atoms with E-state index in [0.717, 1.165) is 19.4 Å². The Morgan fingerprint density at radius 3 is 2.61 bits per heavy atom. The number of nitrogens with zero attached hydrogens (tertiary/aromatic N) is 1. The summed E-state index contributed by atoms with van der Waals surface area (Å²) in [7, 11) is 2.27. The van der Waals surface area contributed by atoms with Crippen molar-refractivity contribution in [3.8, 4) is 5.75 Å². The molecule has 1 saturated heterocycles. The average Bonchev–Trinajstić information content (AvgIpc) is 2.56. The van der Waals surface area contributed by atoms with Crippen molar-refractivity contribution in [2.24, 2.45) is 5.92 Å². The van der Waals surface area contributed by atoms with Gasteiger partial charge in [-0.2, -0.15) is 0 Å². The molecule has 2 aromatic rings. The quantitative estimate of drug-likeness (QED) is 0.858. The highest BCUT2D eigenvalue weighted by atomic mass is 16.3. The van der Waals surface area contributed by atoms with Crippen LogP contribution >= 0.6 is 0 Å². The van der Waals surface area contributed by atoms with Crippen LogP contribution in [0.2, 0.25) is 0 Å². The molecule has 3 atom stereocenters. The second kappa shape index (κ2) is 4.85. The zero-order valence-corrected chi connectivity index (χ0v) is 14.2. The highest BCUT2D eigenvalue weighted by Crippen LogP contribution is 2.57. The number of piperidine rings is 1. The average molecular weight is 307 g/mol. The summed E-state index contributed by atoms with van der Waals surface area (Å²) in [5.74, 6) is 0.883. The number of benzene rings is 2. The zero-order valence-electron chi connectivity index (χ0n) is 14.2. The van der Waals surface area contributed by atoms with Crippen LogP contribution < -0.4 is 0 Å². The van der Waals surface area contributed by atoms with E-state index in [-0.39, 0.29) is 11.0 Å². The summed E-state index contributed by atoms with van der Waals surface area (Å²) in [6.07, 6.45) is 2.15. The molecule has 1 heterocycles. The van der Waals surface area contributed by atoms with Gasteiger partial charge in [-0.05, 0) is 66.6 Å². The van der Waals surface area contributed by atoms with E-state index in [1.807, 2.05) is 12.1 Å². The van der Waals surface area contributed by atoms with Crippen LogP contribution in [0.15, 0.2) is 48.5 Å². The minimum absolute atomic E-state index is 0.0399. The van der Waals surface area contributed by atoms with Crippen LogP contribution in [0.4, 0.5) is 0 Å². The SMILES string of the molecule is C[C@@H]1[C@@]2(C)CCN(C)[C@@]1(c1ccccc1)Cc1ccc(O)cc12. The number of hydrogen-bond donors (Lipinski definition) is 1. The first-order valence-electron chi connectivity index (χ1n) is 8.57. The molecule has 0 spiro atoms. The zero-order chi connectivity index (χ0) is 16.2. The highest BCUT2D eigenvalue weighted by Gasteiger charge is 2.57. The van der Waals surface area contributed by atoms with Crippen LogP contribution in [-0.4, -0.2) is 23.6 Å². The van der Waals surface area contributed by atoms with Gasteiger partial charge in [0.05, 0.1) is 5.54 Å². The van der Waals surface area contributed by atoms with E-state index in [4.69, 9.17) is 0 Å². The maximum Gasteiger partial charge on any atom is 0.115 e. The summed E-state index contributed by atoms with van der Waals surface area (Å²) >= 11 is 0. The molecule has 1 aliphatic heterocycles. The minimum atomic E-state index is 0.0399. The predicted octanol–water partition coefficient (Wildman–Crippen LogP) is 4.07. The first kappa shape index (κ1) is 14.8. The van der Waals surface area contributed by atoms with Gasteiger partial charge in [-0.15, -0.1) is 0 Å². The Bertz CT molecular complexity index is 741. The molecule has 1 aliphatic carbocycles. The Morgan fingerprint density at radius 1 is 1.13 bits per heavy atom. The van der Waals surface area contributed by atoms with Crippen LogP contribution in [0.3, 0.4) is 0 Å². The van der Waals surface area contributed by atoms with Crippen molar-refractivity contribution in [3.63, 3.8) is 0 Å². The van der Waals surface area contributed by atoms with E-state index >= 15 is 0 Å². The number of phenolic OH excluding ortho intramolecular Hbond substituents is 1. The van der Waals surface area contributed by atoms with Gasteiger partial charge in [-0.25, -0.2) is 0 Å². The van der Waals surface area contributed by atoms with Gasteiger partial charge < -0.3 is 5.11 Å². The van der Waals surface area contributed by atoms with E-state index in [9.17, 15) is 5.11 Å². The standard InChI is InChI=1S/C21H25NO/c1-15-20(2)11-12-22(3)21(15,17-7-5-4-6-8-17)14-16-9-10-18(23)13-19(16)20/h4-10,13,15,23H,11-12,14H2,1-3H3/t15-,20-,21+/m1/s1. The van der Waals surface area contributed by atoms with Gasteiger partial charge in [0.1, 0.15) is 5.75 Å². The molecule has 0 unspecified atom stereocenters. The van der Waals surface area contributed by atoms with E-state index in [0.29, 0.717) is 11.7 Å². The van der Waals surface area contributed by atoms with Gasteiger partial charge in [0.25, 0.3) is 0 Å². The Balaban J connectivity index is 1.98. The lowest BCUT2D eigenvalue weighted by Gasteiger charge is -2.61. The molecular weight excluding hydrogens is 282 g/mol. The molecule has 0 amide bonds. The van der Waals surface area contributed by atoms with Crippen molar-refractivity contribution >= 4 is 0 Å².